The molecule has 0 bridgehead atoms. The van der Waals surface area contributed by atoms with Gasteiger partial charge in [-0.25, -0.2) is 9.37 Å². The molecule has 0 saturated carbocycles. The van der Waals surface area contributed by atoms with Crippen LogP contribution in [0.25, 0.3) is 11.3 Å². The summed E-state index contributed by atoms with van der Waals surface area (Å²) in [4.78, 5) is 4.20. The fraction of sp³-hybridized carbons (Fsp3) is 0.118. The van der Waals surface area contributed by atoms with E-state index in [0.717, 1.165) is 29.9 Å². The van der Waals surface area contributed by atoms with Crippen LogP contribution in [-0.2, 0) is 13.0 Å². The van der Waals surface area contributed by atoms with E-state index >= 15 is 0 Å². The minimum atomic E-state index is -0.230. The van der Waals surface area contributed by atoms with Gasteiger partial charge < -0.3 is 10.3 Å². The van der Waals surface area contributed by atoms with E-state index in [-0.39, 0.29) is 5.82 Å². The Labute approximate surface area is 122 Å². The summed E-state index contributed by atoms with van der Waals surface area (Å²) >= 11 is 0. The van der Waals surface area contributed by atoms with E-state index in [9.17, 15) is 4.39 Å². The number of hydrogen-bond acceptors (Lipinski definition) is 2. The molecule has 1 heterocycles. The van der Waals surface area contributed by atoms with Crippen LogP contribution < -0.4 is 5.73 Å². The first-order valence-electron chi connectivity index (χ1n) is 6.83. The number of nitrogen functional groups attached to an aromatic ring is 1. The van der Waals surface area contributed by atoms with Crippen LogP contribution in [0.4, 0.5) is 10.1 Å². The highest BCUT2D eigenvalue weighted by atomic mass is 19.1. The minimum Gasteiger partial charge on any atom is -0.399 e. The maximum absolute atomic E-state index is 13.0. The second-order valence-electron chi connectivity index (χ2n) is 4.97. The summed E-state index contributed by atoms with van der Waals surface area (Å²) in [7, 11) is 0. The number of aryl methyl sites for hydroxylation is 2. The van der Waals surface area contributed by atoms with Gasteiger partial charge in [-0.1, -0.05) is 12.1 Å². The van der Waals surface area contributed by atoms with Crippen LogP contribution in [0.2, 0.25) is 0 Å². The molecule has 106 valence electrons. The Kier molecular flexibility index (Phi) is 3.69. The molecule has 3 nitrogen and oxygen atoms in total. The molecule has 0 unspecified atom stereocenters. The largest absolute Gasteiger partial charge is 0.399 e. The van der Waals surface area contributed by atoms with E-state index in [1.165, 1.54) is 17.7 Å². The highest BCUT2D eigenvalue weighted by Gasteiger charge is 2.05. The number of halogens is 1. The Morgan fingerprint density at radius 2 is 1.71 bits per heavy atom. The smallest absolute Gasteiger partial charge is 0.123 e. The second kappa shape index (κ2) is 5.79. The van der Waals surface area contributed by atoms with Crippen molar-refractivity contribution in [2.24, 2.45) is 0 Å². The predicted octanol–water partition coefficient (Wildman–Crippen LogP) is 3.51. The first kappa shape index (κ1) is 13.4. The monoisotopic (exact) mass is 281 g/mol. The zero-order valence-electron chi connectivity index (χ0n) is 11.5. The molecular formula is C17H16FN3. The molecule has 0 aliphatic carbocycles. The van der Waals surface area contributed by atoms with Crippen LogP contribution in [0.5, 0.6) is 0 Å². The van der Waals surface area contributed by atoms with Crippen molar-refractivity contribution in [3.8, 4) is 11.3 Å². The van der Waals surface area contributed by atoms with Gasteiger partial charge in [0.25, 0.3) is 0 Å². The van der Waals surface area contributed by atoms with Gasteiger partial charge in [0.2, 0.25) is 0 Å². The van der Waals surface area contributed by atoms with Gasteiger partial charge >= 0.3 is 0 Å². The lowest BCUT2D eigenvalue weighted by Gasteiger charge is -2.08. The quantitative estimate of drug-likeness (QED) is 0.744. The summed E-state index contributed by atoms with van der Waals surface area (Å²) in [6.07, 6.45) is 4.50. The SMILES string of the molecule is Nc1ccc(CCn2cncc2-c2ccc(F)cc2)cc1. The number of hydrogen-bond donors (Lipinski definition) is 1. The lowest BCUT2D eigenvalue weighted by atomic mass is 10.1. The average molecular weight is 281 g/mol. The van der Waals surface area contributed by atoms with Crippen LogP contribution in [0, 0.1) is 5.82 Å². The Bertz CT molecular complexity index is 715. The summed E-state index contributed by atoms with van der Waals surface area (Å²) in [6, 6.07) is 14.3. The summed E-state index contributed by atoms with van der Waals surface area (Å²) in [5.41, 5.74) is 9.64. The number of rotatable bonds is 4. The first-order chi connectivity index (χ1) is 10.2. The first-order valence-corrected chi connectivity index (χ1v) is 6.83. The van der Waals surface area contributed by atoms with E-state index in [1.807, 2.05) is 24.3 Å². The molecule has 0 amide bonds. The fourth-order valence-electron chi connectivity index (χ4n) is 2.29. The summed E-state index contributed by atoms with van der Waals surface area (Å²) in [5, 5.41) is 0. The molecule has 0 aliphatic heterocycles. The highest BCUT2D eigenvalue weighted by molar-refractivity contribution is 5.58. The van der Waals surface area contributed by atoms with Gasteiger partial charge in [0, 0.05) is 12.2 Å². The Hall–Kier alpha value is -2.62. The van der Waals surface area contributed by atoms with E-state index in [0.29, 0.717) is 0 Å². The van der Waals surface area contributed by atoms with Crippen molar-refractivity contribution in [1.82, 2.24) is 9.55 Å². The maximum Gasteiger partial charge on any atom is 0.123 e. The molecule has 4 heteroatoms. The van der Waals surface area contributed by atoms with Crippen molar-refractivity contribution in [3.63, 3.8) is 0 Å². The molecule has 0 saturated heterocycles. The van der Waals surface area contributed by atoms with Gasteiger partial charge in [-0.2, -0.15) is 0 Å². The number of anilines is 1. The van der Waals surface area contributed by atoms with Gasteiger partial charge in [0.05, 0.1) is 18.2 Å². The second-order valence-corrected chi connectivity index (χ2v) is 4.97. The van der Waals surface area contributed by atoms with Crippen LogP contribution in [0.15, 0.2) is 61.1 Å². The van der Waals surface area contributed by atoms with Crippen LogP contribution in [0.1, 0.15) is 5.56 Å². The van der Waals surface area contributed by atoms with Crippen molar-refractivity contribution in [2.45, 2.75) is 13.0 Å². The average Bonchev–Trinajstić information content (AvgIpc) is 2.96. The maximum atomic E-state index is 13.0. The molecule has 21 heavy (non-hydrogen) atoms. The van der Waals surface area contributed by atoms with E-state index in [4.69, 9.17) is 5.73 Å². The summed E-state index contributed by atoms with van der Waals surface area (Å²) in [6.45, 7) is 0.816. The number of nitrogens with two attached hydrogens (primary N) is 1. The minimum absolute atomic E-state index is 0.230. The fourth-order valence-corrected chi connectivity index (χ4v) is 2.29. The lowest BCUT2D eigenvalue weighted by Crippen LogP contribution is -2.02. The molecule has 0 fully saturated rings. The molecule has 2 N–H and O–H groups in total. The van der Waals surface area contributed by atoms with Crippen LogP contribution >= 0.6 is 0 Å². The van der Waals surface area contributed by atoms with E-state index < -0.39 is 0 Å². The topological polar surface area (TPSA) is 43.8 Å². The molecule has 3 rings (SSSR count). The molecule has 1 aromatic heterocycles. The third-order valence-corrected chi connectivity index (χ3v) is 3.47. The standard InChI is InChI=1S/C17H16FN3/c18-15-5-3-14(4-6-15)17-11-20-12-21(17)10-9-13-1-7-16(19)8-2-13/h1-8,11-12H,9-10,19H2. The van der Waals surface area contributed by atoms with E-state index in [1.54, 1.807) is 24.7 Å². The molecule has 0 atom stereocenters. The van der Waals surface area contributed by atoms with E-state index in [2.05, 4.69) is 9.55 Å². The Morgan fingerprint density at radius 3 is 2.43 bits per heavy atom. The van der Waals surface area contributed by atoms with Gasteiger partial charge in [-0.05, 0) is 53.9 Å². The Morgan fingerprint density at radius 1 is 1.00 bits per heavy atom. The molecule has 0 aliphatic rings. The Balaban J connectivity index is 1.76. The number of benzene rings is 2. The molecule has 3 aromatic rings. The summed E-state index contributed by atoms with van der Waals surface area (Å²) < 4.78 is 15.1. The van der Waals surface area contributed by atoms with Gasteiger partial charge in [-0.15, -0.1) is 0 Å². The van der Waals surface area contributed by atoms with Crippen LogP contribution in [-0.4, -0.2) is 9.55 Å². The highest BCUT2D eigenvalue weighted by Crippen LogP contribution is 2.20. The van der Waals surface area contributed by atoms with Gasteiger partial charge in [0.15, 0.2) is 0 Å². The number of imidazole rings is 1. The third kappa shape index (κ3) is 3.11. The summed E-state index contributed by atoms with van der Waals surface area (Å²) in [5.74, 6) is -0.230. The number of aromatic nitrogens is 2. The van der Waals surface area contributed by atoms with Crippen molar-refractivity contribution < 1.29 is 4.39 Å². The third-order valence-electron chi connectivity index (χ3n) is 3.47. The zero-order valence-corrected chi connectivity index (χ0v) is 11.5. The van der Waals surface area contributed by atoms with Crippen molar-refractivity contribution in [2.75, 3.05) is 5.73 Å². The molecular weight excluding hydrogens is 265 g/mol. The molecule has 2 aromatic carbocycles. The number of nitrogens with zero attached hydrogens (tertiary/aromatic N) is 2. The van der Waals surface area contributed by atoms with Crippen molar-refractivity contribution >= 4 is 5.69 Å². The predicted molar refractivity (Wildman–Crippen MR) is 82.2 cm³/mol. The lowest BCUT2D eigenvalue weighted by molar-refractivity contribution is 0.628. The molecule has 0 radical (unpaired) electrons. The van der Waals surface area contributed by atoms with Crippen LogP contribution in [0.3, 0.4) is 0 Å². The zero-order chi connectivity index (χ0) is 14.7. The van der Waals surface area contributed by atoms with Crippen molar-refractivity contribution in [3.05, 3.63) is 72.4 Å². The molecule has 0 spiro atoms. The normalized spacial score (nSPS) is 10.7. The van der Waals surface area contributed by atoms with Crippen molar-refractivity contribution in [1.29, 1.82) is 0 Å². The van der Waals surface area contributed by atoms with Gasteiger partial charge in [0.1, 0.15) is 5.82 Å². The van der Waals surface area contributed by atoms with Gasteiger partial charge in [-0.3, -0.25) is 0 Å².